The van der Waals surface area contributed by atoms with Crippen LogP contribution in [0.5, 0.6) is 0 Å². The largest absolute Gasteiger partial charge is 0.465 e. The average Bonchev–Trinajstić information content (AvgIpc) is 3.10. The maximum absolute atomic E-state index is 11.9. The first-order valence-electron chi connectivity index (χ1n) is 6.55. The van der Waals surface area contributed by atoms with E-state index in [0.29, 0.717) is 22.6 Å². The molecule has 1 aliphatic heterocycles. The Morgan fingerprint density at radius 3 is 2.68 bits per heavy atom. The van der Waals surface area contributed by atoms with Crippen molar-refractivity contribution in [2.45, 2.75) is 0 Å². The van der Waals surface area contributed by atoms with Crippen LogP contribution in [0.4, 0.5) is 5.69 Å². The van der Waals surface area contributed by atoms with Gasteiger partial charge in [0.05, 0.1) is 17.4 Å². The van der Waals surface area contributed by atoms with Gasteiger partial charge in [-0.25, -0.2) is 0 Å². The van der Waals surface area contributed by atoms with E-state index in [4.69, 9.17) is 4.42 Å². The van der Waals surface area contributed by atoms with Crippen molar-refractivity contribution >= 4 is 29.5 Å². The second-order valence-electron chi connectivity index (χ2n) is 4.77. The summed E-state index contributed by atoms with van der Waals surface area (Å²) < 4.78 is 5.08. The minimum atomic E-state index is -0.373. The van der Waals surface area contributed by atoms with Gasteiger partial charge in [0.25, 0.3) is 11.8 Å². The Morgan fingerprint density at radius 1 is 1.18 bits per heavy atom. The number of anilines is 1. The number of nitrogens with zero attached hydrogens (tertiary/aromatic N) is 1. The van der Waals surface area contributed by atoms with Gasteiger partial charge in [0.15, 0.2) is 0 Å². The molecule has 0 aliphatic carbocycles. The molecule has 2 heterocycles. The lowest BCUT2D eigenvalue weighted by Gasteiger charge is -2.03. The van der Waals surface area contributed by atoms with E-state index < -0.39 is 0 Å². The summed E-state index contributed by atoms with van der Waals surface area (Å²) in [6.07, 6.45) is 4.37. The van der Waals surface area contributed by atoms with Crippen molar-refractivity contribution in [3.8, 4) is 0 Å². The van der Waals surface area contributed by atoms with Crippen LogP contribution < -0.4 is 5.32 Å². The smallest absolute Gasteiger partial charge is 0.261 e. The number of fused-ring (bicyclic) bond motifs is 1. The summed E-state index contributed by atoms with van der Waals surface area (Å²) in [6.45, 7) is 0. The third kappa shape index (κ3) is 2.42. The Hall–Kier alpha value is -3.15. The SMILES string of the molecule is CN1C(=O)c2ccc(NC(=O)C=Cc3ccco3)cc2C1=O. The van der Waals surface area contributed by atoms with E-state index in [1.807, 2.05) is 0 Å². The van der Waals surface area contributed by atoms with Crippen LogP contribution in [-0.2, 0) is 4.79 Å². The van der Waals surface area contributed by atoms with Crippen molar-refractivity contribution in [2.24, 2.45) is 0 Å². The minimum Gasteiger partial charge on any atom is -0.465 e. The van der Waals surface area contributed by atoms with Crippen LogP contribution in [0.15, 0.2) is 47.1 Å². The number of benzene rings is 1. The lowest BCUT2D eigenvalue weighted by molar-refractivity contribution is -0.111. The van der Waals surface area contributed by atoms with Crippen molar-refractivity contribution in [1.82, 2.24) is 4.90 Å². The predicted octanol–water partition coefficient (Wildman–Crippen LogP) is 2.16. The fourth-order valence-electron chi connectivity index (χ4n) is 2.17. The van der Waals surface area contributed by atoms with Gasteiger partial charge in [-0.3, -0.25) is 19.3 Å². The lowest BCUT2D eigenvalue weighted by atomic mass is 10.1. The van der Waals surface area contributed by atoms with Crippen molar-refractivity contribution in [3.05, 3.63) is 59.6 Å². The highest BCUT2D eigenvalue weighted by Crippen LogP contribution is 2.24. The molecule has 0 fully saturated rings. The summed E-state index contributed by atoms with van der Waals surface area (Å²) in [5, 5.41) is 2.63. The molecule has 0 saturated heterocycles. The maximum atomic E-state index is 11.9. The van der Waals surface area contributed by atoms with Gasteiger partial charge in [-0.15, -0.1) is 0 Å². The number of amides is 3. The molecule has 0 unspecified atom stereocenters. The highest BCUT2D eigenvalue weighted by atomic mass is 16.3. The summed E-state index contributed by atoms with van der Waals surface area (Å²) in [4.78, 5) is 36.5. The molecule has 1 aromatic heterocycles. The fraction of sp³-hybridized carbons (Fsp3) is 0.0625. The van der Waals surface area contributed by atoms with Crippen LogP contribution >= 0.6 is 0 Å². The van der Waals surface area contributed by atoms with Crippen LogP contribution in [0.3, 0.4) is 0 Å². The highest BCUT2D eigenvalue weighted by Gasteiger charge is 2.32. The van der Waals surface area contributed by atoms with E-state index in [1.165, 1.54) is 37.6 Å². The molecule has 0 atom stereocenters. The molecule has 110 valence electrons. The van der Waals surface area contributed by atoms with Crippen LogP contribution in [-0.4, -0.2) is 29.7 Å². The molecule has 22 heavy (non-hydrogen) atoms. The van der Waals surface area contributed by atoms with E-state index in [9.17, 15) is 14.4 Å². The summed E-state index contributed by atoms with van der Waals surface area (Å²) in [5.41, 5.74) is 1.08. The zero-order chi connectivity index (χ0) is 15.7. The van der Waals surface area contributed by atoms with Gasteiger partial charge in [0, 0.05) is 18.8 Å². The summed E-state index contributed by atoms with van der Waals surface area (Å²) in [5.74, 6) is -0.509. The molecule has 6 nitrogen and oxygen atoms in total. The molecule has 1 aromatic carbocycles. The normalized spacial score (nSPS) is 13.8. The van der Waals surface area contributed by atoms with E-state index in [-0.39, 0.29) is 17.7 Å². The number of imide groups is 1. The van der Waals surface area contributed by atoms with E-state index in [0.717, 1.165) is 4.90 Å². The number of carbonyl (C=O) groups is 3. The summed E-state index contributed by atoms with van der Waals surface area (Å²) in [6, 6.07) is 8.06. The number of carbonyl (C=O) groups excluding carboxylic acids is 3. The van der Waals surface area contributed by atoms with Gasteiger partial charge in [-0.1, -0.05) is 0 Å². The first-order chi connectivity index (χ1) is 10.6. The Kier molecular flexibility index (Phi) is 3.34. The van der Waals surface area contributed by atoms with Gasteiger partial charge in [0.1, 0.15) is 5.76 Å². The molecule has 0 spiro atoms. The Labute approximate surface area is 126 Å². The molecular formula is C16H12N2O4. The number of hydrogen-bond acceptors (Lipinski definition) is 4. The van der Waals surface area contributed by atoms with Gasteiger partial charge >= 0.3 is 0 Å². The van der Waals surface area contributed by atoms with E-state index >= 15 is 0 Å². The lowest BCUT2D eigenvalue weighted by Crippen LogP contribution is -2.24. The summed E-state index contributed by atoms with van der Waals surface area (Å²) in [7, 11) is 1.43. The summed E-state index contributed by atoms with van der Waals surface area (Å²) >= 11 is 0. The zero-order valence-electron chi connectivity index (χ0n) is 11.7. The molecule has 0 bridgehead atoms. The quantitative estimate of drug-likeness (QED) is 0.695. The molecule has 0 saturated carbocycles. The number of nitrogens with one attached hydrogen (secondary N) is 1. The highest BCUT2D eigenvalue weighted by molar-refractivity contribution is 6.21. The molecule has 1 N–H and O–H groups in total. The van der Waals surface area contributed by atoms with Crippen LogP contribution in [0.1, 0.15) is 26.5 Å². The zero-order valence-corrected chi connectivity index (χ0v) is 11.7. The predicted molar refractivity (Wildman–Crippen MR) is 79.2 cm³/mol. The number of rotatable bonds is 3. The molecule has 1 aliphatic rings. The van der Waals surface area contributed by atoms with Gasteiger partial charge in [-0.05, 0) is 36.4 Å². The average molecular weight is 296 g/mol. The number of hydrogen-bond donors (Lipinski definition) is 1. The van der Waals surface area contributed by atoms with Gasteiger partial charge < -0.3 is 9.73 Å². The molecule has 3 amide bonds. The first kappa shape index (κ1) is 13.8. The van der Waals surface area contributed by atoms with Crippen LogP contribution in [0, 0.1) is 0 Å². The third-order valence-corrected chi connectivity index (χ3v) is 3.30. The minimum absolute atomic E-state index is 0.292. The fourth-order valence-corrected chi connectivity index (χ4v) is 2.17. The second-order valence-corrected chi connectivity index (χ2v) is 4.77. The first-order valence-corrected chi connectivity index (χ1v) is 6.55. The molecular weight excluding hydrogens is 284 g/mol. The molecule has 3 rings (SSSR count). The van der Waals surface area contributed by atoms with Crippen LogP contribution in [0.2, 0.25) is 0 Å². The second kappa shape index (κ2) is 5.33. The van der Waals surface area contributed by atoms with E-state index in [1.54, 1.807) is 18.2 Å². The van der Waals surface area contributed by atoms with Crippen LogP contribution in [0.25, 0.3) is 6.08 Å². The monoisotopic (exact) mass is 296 g/mol. The molecule has 0 radical (unpaired) electrons. The van der Waals surface area contributed by atoms with Gasteiger partial charge in [-0.2, -0.15) is 0 Å². The topological polar surface area (TPSA) is 79.6 Å². The van der Waals surface area contributed by atoms with Crippen molar-refractivity contribution in [1.29, 1.82) is 0 Å². The van der Waals surface area contributed by atoms with Gasteiger partial charge in [0.2, 0.25) is 5.91 Å². The molecule has 2 aromatic rings. The third-order valence-electron chi connectivity index (χ3n) is 3.30. The van der Waals surface area contributed by atoms with Crippen molar-refractivity contribution in [3.63, 3.8) is 0 Å². The number of furan rings is 1. The maximum Gasteiger partial charge on any atom is 0.261 e. The Balaban J connectivity index is 1.76. The van der Waals surface area contributed by atoms with Crippen molar-refractivity contribution < 1.29 is 18.8 Å². The van der Waals surface area contributed by atoms with E-state index in [2.05, 4.69) is 5.32 Å². The Morgan fingerprint density at radius 2 is 1.95 bits per heavy atom. The van der Waals surface area contributed by atoms with Crippen molar-refractivity contribution in [2.75, 3.05) is 12.4 Å². The molecule has 6 heteroatoms. The standard InChI is InChI=1S/C16H12N2O4/c1-18-15(20)12-6-4-10(9-13(12)16(18)21)17-14(19)7-5-11-3-2-8-22-11/h2-9H,1H3,(H,17,19). The Bertz CT molecular complexity index is 790.